The van der Waals surface area contributed by atoms with Crippen molar-refractivity contribution in [3.05, 3.63) is 94.9 Å². The van der Waals surface area contributed by atoms with Crippen LogP contribution in [0.4, 0.5) is 0 Å². The summed E-state index contributed by atoms with van der Waals surface area (Å²) in [7, 11) is -3.82. The molecule has 1 aliphatic carbocycles. The summed E-state index contributed by atoms with van der Waals surface area (Å²) in [6.45, 7) is 1.51. The molecule has 0 aliphatic heterocycles. The first-order chi connectivity index (χ1) is 16.8. The second-order valence-corrected chi connectivity index (χ2v) is 11.5. The Morgan fingerprint density at radius 1 is 1.03 bits per heavy atom. The van der Waals surface area contributed by atoms with Crippen LogP contribution in [0.5, 0.6) is 0 Å². The van der Waals surface area contributed by atoms with Gasteiger partial charge in [0.05, 0.1) is 23.9 Å². The van der Waals surface area contributed by atoms with Crippen LogP contribution in [0.2, 0.25) is 0 Å². The van der Waals surface area contributed by atoms with Gasteiger partial charge < -0.3 is 10.4 Å². The molecule has 0 saturated carbocycles. The van der Waals surface area contributed by atoms with Crippen LogP contribution in [0.3, 0.4) is 0 Å². The Bertz CT molecular complexity index is 1500. The van der Waals surface area contributed by atoms with Crippen molar-refractivity contribution < 1.29 is 18.3 Å². The van der Waals surface area contributed by atoms with Crippen molar-refractivity contribution in [1.29, 1.82) is 0 Å². The van der Waals surface area contributed by atoms with Crippen LogP contribution in [0, 0.1) is 0 Å². The predicted molar refractivity (Wildman–Crippen MR) is 140 cm³/mol. The molecule has 0 bridgehead atoms. The van der Waals surface area contributed by atoms with Crippen molar-refractivity contribution in [1.82, 2.24) is 10.0 Å². The number of hydrogen-bond donors (Lipinski definition) is 3. The Morgan fingerprint density at radius 3 is 2.60 bits per heavy atom. The first kappa shape index (κ1) is 23.7. The van der Waals surface area contributed by atoms with Crippen LogP contribution in [-0.2, 0) is 27.0 Å². The molecule has 5 rings (SSSR count). The molecule has 1 aliphatic rings. The van der Waals surface area contributed by atoms with Gasteiger partial charge in [-0.25, -0.2) is 13.1 Å². The summed E-state index contributed by atoms with van der Waals surface area (Å²) in [6.07, 6.45) is -0.289. The zero-order valence-corrected chi connectivity index (χ0v) is 20.8. The lowest BCUT2D eigenvalue weighted by Gasteiger charge is -2.21. The summed E-state index contributed by atoms with van der Waals surface area (Å²) in [5.74, 6) is -0.730. The molecule has 8 heteroatoms. The normalized spacial score (nSPS) is 18.3. The number of amides is 1. The Kier molecular flexibility index (Phi) is 6.46. The number of rotatable bonds is 7. The molecule has 3 N–H and O–H groups in total. The Balaban J connectivity index is 1.31. The Morgan fingerprint density at radius 2 is 1.74 bits per heavy atom. The second kappa shape index (κ2) is 9.54. The fourth-order valence-electron chi connectivity index (χ4n) is 4.69. The Labute approximate surface area is 208 Å². The number of hydrogen-bond acceptors (Lipinski definition) is 5. The van der Waals surface area contributed by atoms with Crippen molar-refractivity contribution in [2.24, 2.45) is 0 Å². The molecule has 180 valence electrons. The number of benzene rings is 3. The molecule has 0 radical (unpaired) electrons. The van der Waals surface area contributed by atoms with Gasteiger partial charge in [0.2, 0.25) is 15.9 Å². The SMILES string of the molecule is C[C@@H](NS(=O)(=O)Cc1ccccc1-c1csc2ccccc12)C(=O)N[C@H]1c2ccccc2C[C@H]1O. The van der Waals surface area contributed by atoms with Crippen molar-refractivity contribution in [2.45, 2.75) is 37.3 Å². The van der Waals surface area contributed by atoms with E-state index in [-0.39, 0.29) is 5.75 Å². The highest BCUT2D eigenvalue weighted by atomic mass is 32.2. The molecule has 4 aromatic rings. The van der Waals surface area contributed by atoms with Crippen LogP contribution in [0.1, 0.15) is 29.7 Å². The molecule has 35 heavy (non-hydrogen) atoms. The third-order valence-electron chi connectivity index (χ3n) is 6.39. The Hall–Kier alpha value is -3.04. The average molecular weight is 507 g/mol. The van der Waals surface area contributed by atoms with Gasteiger partial charge in [0.1, 0.15) is 0 Å². The lowest BCUT2D eigenvalue weighted by atomic mass is 10.0. The fourth-order valence-corrected chi connectivity index (χ4v) is 7.04. The lowest BCUT2D eigenvalue weighted by molar-refractivity contribution is -0.123. The van der Waals surface area contributed by atoms with E-state index in [0.717, 1.165) is 32.3 Å². The maximum Gasteiger partial charge on any atom is 0.238 e. The highest BCUT2D eigenvalue weighted by Crippen LogP contribution is 2.36. The number of fused-ring (bicyclic) bond motifs is 2. The van der Waals surface area contributed by atoms with E-state index in [0.29, 0.717) is 12.0 Å². The maximum absolute atomic E-state index is 13.1. The molecule has 3 atom stereocenters. The van der Waals surface area contributed by atoms with Crippen LogP contribution in [-0.4, -0.2) is 31.6 Å². The standard InChI is InChI=1S/C27H26N2O4S2/c1-17(27(31)28-26-21-11-5-2-8-18(21)14-24(26)30)29-35(32,33)16-19-9-3-4-10-20(19)23-15-34-25-13-7-6-12-22(23)25/h2-13,15,17,24,26,29-30H,14,16H2,1H3,(H,28,31)/t17-,24-,26+/m1/s1. The summed E-state index contributed by atoms with van der Waals surface area (Å²) in [5, 5.41) is 16.4. The van der Waals surface area contributed by atoms with Gasteiger partial charge in [0, 0.05) is 22.1 Å². The van der Waals surface area contributed by atoms with Gasteiger partial charge in [-0.3, -0.25) is 4.79 Å². The molecule has 3 aromatic carbocycles. The number of nitrogens with one attached hydrogen (secondary N) is 2. The highest BCUT2D eigenvalue weighted by Gasteiger charge is 2.33. The van der Waals surface area contributed by atoms with Crippen molar-refractivity contribution in [3.8, 4) is 11.1 Å². The van der Waals surface area contributed by atoms with Gasteiger partial charge in [0.25, 0.3) is 0 Å². The van der Waals surface area contributed by atoms with E-state index in [1.54, 1.807) is 17.4 Å². The lowest BCUT2D eigenvalue weighted by Crippen LogP contribution is -2.47. The van der Waals surface area contributed by atoms with Gasteiger partial charge in [0.15, 0.2) is 0 Å². The van der Waals surface area contributed by atoms with Crippen molar-refractivity contribution in [3.63, 3.8) is 0 Å². The summed E-state index contributed by atoms with van der Waals surface area (Å²) in [5.41, 5.74) is 4.36. The monoisotopic (exact) mass is 506 g/mol. The first-order valence-electron chi connectivity index (χ1n) is 11.4. The smallest absolute Gasteiger partial charge is 0.238 e. The average Bonchev–Trinajstić information content (AvgIpc) is 3.40. The topological polar surface area (TPSA) is 95.5 Å². The molecule has 1 aromatic heterocycles. The number of carbonyl (C=O) groups excluding carboxylic acids is 1. The van der Waals surface area contributed by atoms with Crippen LogP contribution >= 0.6 is 11.3 Å². The molecule has 0 spiro atoms. The van der Waals surface area contributed by atoms with Crippen LogP contribution in [0.25, 0.3) is 21.2 Å². The minimum absolute atomic E-state index is 0.250. The van der Waals surface area contributed by atoms with Gasteiger partial charge in [-0.1, -0.05) is 66.7 Å². The third kappa shape index (κ3) is 4.88. The zero-order chi connectivity index (χ0) is 24.6. The van der Waals surface area contributed by atoms with Gasteiger partial charge in [-0.2, -0.15) is 0 Å². The molecule has 0 fully saturated rings. The zero-order valence-electron chi connectivity index (χ0n) is 19.1. The van der Waals surface area contributed by atoms with Gasteiger partial charge in [-0.05, 0) is 40.6 Å². The van der Waals surface area contributed by atoms with E-state index in [4.69, 9.17) is 0 Å². The number of aliphatic hydroxyl groups is 1. The van der Waals surface area contributed by atoms with Gasteiger partial charge in [-0.15, -0.1) is 11.3 Å². The van der Waals surface area contributed by atoms with E-state index < -0.39 is 34.1 Å². The van der Waals surface area contributed by atoms with E-state index in [1.807, 2.05) is 72.1 Å². The predicted octanol–water partition coefficient (Wildman–Crippen LogP) is 4.15. The summed E-state index contributed by atoms with van der Waals surface area (Å²) >= 11 is 1.62. The van der Waals surface area contributed by atoms with Crippen LogP contribution < -0.4 is 10.0 Å². The molecule has 1 heterocycles. The first-order valence-corrected chi connectivity index (χ1v) is 14.0. The van der Waals surface area contributed by atoms with E-state index in [2.05, 4.69) is 10.0 Å². The largest absolute Gasteiger partial charge is 0.390 e. The van der Waals surface area contributed by atoms with Crippen molar-refractivity contribution in [2.75, 3.05) is 0 Å². The van der Waals surface area contributed by atoms with Crippen molar-refractivity contribution >= 4 is 37.4 Å². The fraction of sp³-hybridized carbons (Fsp3) is 0.222. The quantitative estimate of drug-likeness (QED) is 0.351. The third-order valence-corrected chi connectivity index (χ3v) is 8.75. The summed E-state index contributed by atoms with van der Waals surface area (Å²) < 4.78 is 29.8. The summed E-state index contributed by atoms with van der Waals surface area (Å²) in [6, 6.07) is 21.5. The number of carbonyl (C=O) groups is 1. The minimum Gasteiger partial charge on any atom is -0.390 e. The van der Waals surface area contributed by atoms with E-state index in [9.17, 15) is 18.3 Å². The molecule has 0 saturated heterocycles. The maximum atomic E-state index is 13.1. The molecule has 1 amide bonds. The number of thiophene rings is 1. The number of aliphatic hydroxyl groups excluding tert-OH is 1. The minimum atomic E-state index is -3.82. The molecule has 6 nitrogen and oxygen atoms in total. The summed E-state index contributed by atoms with van der Waals surface area (Å²) in [4.78, 5) is 12.8. The molecular weight excluding hydrogens is 480 g/mol. The highest BCUT2D eigenvalue weighted by molar-refractivity contribution is 7.88. The van der Waals surface area contributed by atoms with E-state index >= 15 is 0 Å². The van der Waals surface area contributed by atoms with Gasteiger partial charge >= 0.3 is 0 Å². The number of sulfonamides is 1. The molecule has 0 unspecified atom stereocenters. The van der Waals surface area contributed by atoms with Crippen LogP contribution in [0.15, 0.2) is 78.2 Å². The van der Waals surface area contributed by atoms with E-state index in [1.165, 1.54) is 6.92 Å². The molecular formula is C27H26N2O4S2. The second-order valence-electron chi connectivity index (χ2n) is 8.86.